The van der Waals surface area contributed by atoms with Crippen molar-refractivity contribution in [3.05, 3.63) is 12.2 Å². The second kappa shape index (κ2) is 34.3. The van der Waals surface area contributed by atoms with Crippen molar-refractivity contribution in [3.63, 3.8) is 0 Å². The van der Waals surface area contributed by atoms with Crippen LogP contribution >= 0.6 is 7.82 Å². The van der Waals surface area contributed by atoms with Crippen molar-refractivity contribution >= 4 is 19.8 Å². The van der Waals surface area contributed by atoms with E-state index < -0.39 is 75.7 Å². The van der Waals surface area contributed by atoms with Gasteiger partial charge in [0.25, 0.3) is 0 Å². The third kappa shape index (κ3) is 27.1. The Morgan fingerprint density at radius 3 is 1.35 bits per heavy atom. The Bertz CT molecular complexity index is 1060. The lowest BCUT2D eigenvalue weighted by atomic mass is 9.85. The molecule has 14 heteroatoms. The molecule has 0 bridgehead atoms. The summed E-state index contributed by atoms with van der Waals surface area (Å²) in [6, 6.07) is 0. The number of hydrogen-bond donors (Lipinski definition) is 6. The summed E-state index contributed by atoms with van der Waals surface area (Å²) in [5, 5.41) is 50.1. The van der Waals surface area contributed by atoms with Gasteiger partial charge in [-0.3, -0.25) is 18.6 Å². The van der Waals surface area contributed by atoms with E-state index in [0.717, 1.165) is 51.4 Å². The van der Waals surface area contributed by atoms with Gasteiger partial charge in [-0.2, -0.15) is 0 Å². The van der Waals surface area contributed by atoms with Crippen molar-refractivity contribution < 1.29 is 63.1 Å². The van der Waals surface area contributed by atoms with Gasteiger partial charge in [-0.15, -0.1) is 0 Å². The molecular formula is C43H81O13P. The van der Waals surface area contributed by atoms with E-state index in [1.807, 2.05) is 0 Å². The van der Waals surface area contributed by atoms with E-state index >= 15 is 0 Å². The molecule has 1 aliphatic rings. The highest BCUT2D eigenvalue weighted by atomic mass is 31.2. The van der Waals surface area contributed by atoms with Gasteiger partial charge in [-0.25, -0.2) is 4.57 Å². The third-order valence-electron chi connectivity index (χ3n) is 10.6. The van der Waals surface area contributed by atoms with E-state index in [-0.39, 0.29) is 12.8 Å². The summed E-state index contributed by atoms with van der Waals surface area (Å²) in [7, 11) is -5.11. The van der Waals surface area contributed by atoms with Gasteiger partial charge in [-0.1, -0.05) is 154 Å². The number of carbonyl (C=O) groups is 2. The predicted molar refractivity (Wildman–Crippen MR) is 221 cm³/mol. The van der Waals surface area contributed by atoms with Crippen LogP contribution in [0.4, 0.5) is 0 Å². The fourth-order valence-electron chi connectivity index (χ4n) is 6.93. The Balaban J connectivity index is 2.45. The quantitative estimate of drug-likeness (QED) is 0.0151. The van der Waals surface area contributed by atoms with E-state index in [2.05, 4.69) is 26.0 Å². The zero-order valence-electron chi connectivity index (χ0n) is 35.4. The number of ether oxygens (including phenoxy) is 2. The molecule has 6 N–H and O–H groups in total. The monoisotopic (exact) mass is 837 g/mol. The van der Waals surface area contributed by atoms with Gasteiger partial charge < -0.3 is 39.9 Å². The number of unbranched alkanes of at least 4 members (excludes halogenated alkanes) is 23. The van der Waals surface area contributed by atoms with Crippen molar-refractivity contribution in [2.45, 2.75) is 236 Å². The maximum absolute atomic E-state index is 12.8. The molecule has 0 amide bonds. The van der Waals surface area contributed by atoms with Gasteiger partial charge in [0.05, 0.1) is 6.61 Å². The largest absolute Gasteiger partial charge is 0.472 e. The molecule has 0 aromatic rings. The number of carbonyl (C=O) groups excluding carboxylic acids is 2. The van der Waals surface area contributed by atoms with E-state index in [1.54, 1.807) is 0 Å². The van der Waals surface area contributed by atoms with Crippen LogP contribution in [0.3, 0.4) is 0 Å². The number of aliphatic hydroxyl groups excluding tert-OH is 5. The Morgan fingerprint density at radius 1 is 0.526 bits per heavy atom. The first-order valence-corrected chi connectivity index (χ1v) is 24.0. The van der Waals surface area contributed by atoms with Crippen LogP contribution < -0.4 is 0 Å². The molecule has 0 aromatic carbocycles. The van der Waals surface area contributed by atoms with Gasteiger partial charge in [0.15, 0.2) is 6.10 Å². The molecule has 0 aromatic heterocycles. The van der Waals surface area contributed by atoms with Crippen LogP contribution in [0.2, 0.25) is 0 Å². The number of phosphoric ester groups is 1. The Kier molecular flexibility index (Phi) is 32.3. The lowest BCUT2D eigenvalue weighted by molar-refractivity contribution is -0.220. The van der Waals surface area contributed by atoms with E-state index in [1.165, 1.54) is 103 Å². The number of rotatable bonds is 37. The molecular weight excluding hydrogens is 755 g/mol. The van der Waals surface area contributed by atoms with Crippen LogP contribution in [-0.2, 0) is 32.7 Å². The molecule has 13 nitrogen and oxygen atoms in total. The molecule has 1 saturated carbocycles. The molecule has 8 atom stereocenters. The molecule has 1 rings (SSSR count). The Labute approximate surface area is 343 Å². The van der Waals surface area contributed by atoms with Crippen LogP contribution in [0, 0.1) is 0 Å². The van der Waals surface area contributed by atoms with Gasteiger partial charge >= 0.3 is 19.8 Å². The summed E-state index contributed by atoms with van der Waals surface area (Å²) < 4.78 is 33.5. The average Bonchev–Trinajstić information content (AvgIpc) is 3.19. The van der Waals surface area contributed by atoms with Gasteiger partial charge in [-0.05, 0) is 38.5 Å². The van der Waals surface area contributed by atoms with Crippen LogP contribution in [-0.4, -0.2) is 98.3 Å². The fourth-order valence-corrected chi connectivity index (χ4v) is 7.90. The second-order valence-corrected chi connectivity index (χ2v) is 17.3. The second-order valence-electron chi connectivity index (χ2n) is 15.9. The van der Waals surface area contributed by atoms with E-state index in [0.29, 0.717) is 12.8 Å². The number of allylic oxidation sites excluding steroid dienone is 2. The maximum Gasteiger partial charge on any atom is 0.472 e. The van der Waals surface area contributed by atoms with E-state index in [4.69, 9.17) is 18.5 Å². The van der Waals surface area contributed by atoms with Gasteiger partial charge in [0.2, 0.25) is 0 Å². The molecule has 0 spiro atoms. The summed E-state index contributed by atoms with van der Waals surface area (Å²) >= 11 is 0. The van der Waals surface area contributed by atoms with Crippen molar-refractivity contribution in [3.8, 4) is 0 Å². The van der Waals surface area contributed by atoms with Gasteiger partial charge in [0.1, 0.15) is 43.2 Å². The first-order chi connectivity index (χ1) is 27.4. The zero-order valence-corrected chi connectivity index (χ0v) is 36.3. The molecule has 57 heavy (non-hydrogen) atoms. The summed E-state index contributed by atoms with van der Waals surface area (Å²) in [5.41, 5.74) is 0. The summed E-state index contributed by atoms with van der Waals surface area (Å²) in [4.78, 5) is 35.6. The zero-order chi connectivity index (χ0) is 42.2. The van der Waals surface area contributed by atoms with Crippen molar-refractivity contribution in [1.29, 1.82) is 0 Å². The predicted octanol–water partition coefficient (Wildman–Crippen LogP) is 8.28. The van der Waals surface area contributed by atoms with Crippen molar-refractivity contribution in [1.82, 2.24) is 0 Å². The molecule has 6 unspecified atom stereocenters. The molecule has 1 fully saturated rings. The topological polar surface area (TPSA) is 210 Å². The maximum atomic E-state index is 12.8. The van der Waals surface area contributed by atoms with Crippen LogP contribution in [0.25, 0.3) is 0 Å². The number of aliphatic hydroxyl groups is 5. The summed E-state index contributed by atoms with van der Waals surface area (Å²) in [5.74, 6) is -1.09. The van der Waals surface area contributed by atoms with Crippen LogP contribution in [0.1, 0.15) is 194 Å². The minimum atomic E-state index is -5.11. The number of hydrogen-bond acceptors (Lipinski definition) is 12. The number of esters is 2. The molecule has 0 radical (unpaired) electrons. The minimum Gasteiger partial charge on any atom is -0.462 e. The lowest BCUT2D eigenvalue weighted by Crippen LogP contribution is -2.64. The highest BCUT2D eigenvalue weighted by Crippen LogP contribution is 2.47. The fraction of sp³-hybridized carbons (Fsp3) is 0.907. The minimum absolute atomic E-state index is 0.0984. The summed E-state index contributed by atoms with van der Waals surface area (Å²) in [6.45, 7) is 3.28. The first-order valence-electron chi connectivity index (χ1n) is 22.5. The smallest absolute Gasteiger partial charge is 0.462 e. The Morgan fingerprint density at radius 2 is 0.895 bits per heavy atom. The summed E-state index contributed by atoms with van der Waals surface area (Å²) in [6.07, 6.45) is 21.3. The lowest BCUT2D eigenvalue weighted by Gasteiger charge is -2.41. The van der Waals surface area contributed by atoms with E-state index in [9.17, 15) is 44.6 Å². The SMILES string of the molecule is CCCCCC/C=C/CCCCCCCCCCCC(=O)O[C@H](COC(=O)CCCCCCCCCCCCC)COP(=O)(O)OC1C(O)C(O)C(O)[C@@H](O)C1O. The molecule has 0 aliphatic heterocycles. The van der Waals surface area contributed by atoms with Crippen LogP contribution in [0.5, 0.6) is 0 Å². The van der Waals surface area contributed by atoms with Crippen molar-refractivity contribution in [2.24, 2.45) is 0 Å². The standard InChI is InChI=1S/C43H81O13P/c1-3-5-7-9-11-13-15-16-17-18-19-20-22-24-26-28-30-32-37(45)55-35(33-53-36(44)31-29-27-25-23-21-14-12-10-8-6-4-2)34-54-57(51,52)56-43-41(49)39(47)38(46)40(48)42(43)50/h13,15,35,38-43,46-50H,3-12,14,16-34H2,1-2H3,(H,51,52)/b15-13+/t35-,38?,39-,40?,41?,42?,43?/m1/s1. The highest BCUT2D eigenvalue weighted by Gasteiger charge is 2.51. The molecule has 0 saturated heterocycles. The van der Waals surface area contributed by atoms with Gasteiger partial charge in [0, 0.05) is 12.8 Å². The Hall–Kier alpha value is -1.41. The van der Waals surface area contributed by atoms with Crippen LogP contribution in [0.15, 0.2) is 12.2 Å². The molecule has 0 heterocycles. The van der Waals surface area contributed by atoms with Crippen molar-refractivity contribution in [2.75, 3.05) is 13.2 Å². The molecule has 336 valence electrons. The average molecular weight is 837 g/mol. The number of phosphoric acid groups is 1. The molecule has 1 aliphatic carbocycles. The third-order valence-corrected chi connectivity index (χ3v) is 11.6. The normalized spacial score (nSPS) is 22.7. The first kappa shape index (κ1) is 53.6. The highest BCUT2D eigenvalue weighted by molar-refractivity contribution is 7.47.